The standard InChI is InChI=1S/C13H19NO3S/c1-14(8-3-9-17-2)10-12-5-4-11(18-12)6-7-13(15)16/h4-7H,3,8-10H2,1-2H3,(H,15,16). The third-order valence-corrected chi connectivity index (χ3v) is 3.42. The van der Waals surface area contributed by atoms with Gasteiger partial charge in [0.2, 0.25) is 0 Å². The molecule has 0 amide bonds. The van der Waals surface area contributed by atoms with E-state index in [9.17, 15) is 4.79 Å². The van der Waals surface area contributed by atoms with Crippen molar-refractivity contribution >= 4 is 23.4 Å². The normalized spacial score (nSPS) is 11.5. The summed E-state index contributed by atoms with van der Waals surface area (Å²) >= 11 is 1.62. The van der Waals surface area contributed by atoms with E-state index < -0.39 is 5.97 Å². The Bertz CT molecular complexity index is 401. The predicted molar refractivity (Wildman–Crippen MR) is 73.8 cm³/mol. The van der Waals surface area contributed by atoms with Crippen LogP contribution in [-0.4, -0.2) is 43.3 Å². The zero-order valence-electron chi connectivity index (χ0n) is 10.8. The fourth-order valence-corrected chi connectivity index (χ4v) is 2.54. The second-order valence-corrected chi connectivity index (χ2v) is 5.26. The zero-order chi connectivity index (χ0) is 13.4. The van der Waals surface area contributed by atoms with E-state index in [-0.39, 0.29) is 0 Å². The van der Waals surface area contributed by atoms with Crippen molar-refractivity contribution in [2.75, 3.05) is 27.3 Å². The monoisotopic (exact) mass is 269 g/mol. The highest BCUT2D eigenvalue weighted by atomic mass is 32.1. The van der Waals surface area contributed by atoms with Gasteiger partial charge in [0, 0.05) is 42.6 Å². The largest absolute Gasteiger partial charge is 0.478 e. The van der Waals surface area contributed by atoms with Crippen LogP contribution in [0.3, 0.4) is 0 Å². The number of hydrogen-bond donors (Lipinski definition) is 1. The molecule has 5 heteroatoms. The number of methoxy groups -OCH3 is 1. The van der Waals surface area contributed by atoms with Gasteiger partial charge in [-0.15, -0.1) is 11.3 Å². The Hall–Kier alpha value is -1.17. The lowest BCUT2D eigenvalue weighted by Crippen LogP contribution is -2.19. The maximum Gasteiger partial charge on any atom is 0.328 e. The highest BCUT2D eigenvalue weighted by Gasteiger charge is 2.03. The summed E-state index contributed by atoms with van der Waals surface area (Å²) in [5.41, 5.74) is 0. The van der Waals surface area contributed by atoms with Crippen LogP contribution in [0.4, 0.5) is 0 Å². The predicted octanol–water partition coefficient (Wildman–Crippen LogP) is 2.31. The summed E-state index contributed by atoms with van der Waals surface area (Å²) in [6, 6.07) is 3.99. The molecule has 0 saturated heterocycles. The summed E-state index contributed by atoms with van der Waals surface area (Å²) in [5.74, 6) is -0.915. The van der Waals surface area contributed by atoms with Crippen molar-refractivity contribution in [3.05, 3.63) is 28.0 Å². The summed E-state index contributed by atoms with van der Waals surface area (Å²) in [6.45, 7) is 2.66. The molecule has 0 atom stereocenters. The number of ether oxygens (including phenoxy) is 1. The SMILES string of the molecule is COCCCN(C)Cc1ccc(C=CC(=O)O)s1. The van der Waals surface area contributed by atoms with E-state index in [1.54, 1.807) is 24.5 Å². The van der Waals surface area contributed by atoms with Gasteiger partial charge in [-0.05, 0) is 31.7 Å². The number of carboxylic acids is 1. The second-order valence-electron chi connectivity index (χ2n) is 4.06. The van der Waals surface area contributed by atoms with Crippen LogP contribution in [0.25, 0.3) is 6.08 Å². The first-order chi connectivity index (χ1) is 8.61. The number of aliphatic carboxylic acids is 1. The van der Waals surface area contributed by atoms with Crippen LogP contribution in [0.2, 0.25) is 0 Å². The molecule has 0 fully saturated rings. The maximum absolute atomic E-state index is 10.4. The maximum atomic E-state index is 10.4. The number of hydrogen-bond acceptors (Lipinski definition) is 4. The highest BCUT2D eigenvalue weighted by molar-refractivity contribution is 7.12. The molecule has 0 aliphatic carbocycles. The van der Waals surface area contributed by atoms with Gasteiger partial charge < -0.3 is 14.7 Å². The fraction of sp³-hybridized carbons (Fsp3) is 0.462. The molecular weight excluding hydrogens is 250 g/mol. The zero-order valence-corrected chi connectivity index (χ0v) is 11.6. The molecule has 0 aromatic carbocycles. The number of carboxylic acid groups (broad SMARTS) is 1. The van der Waals surface area contributed by atoms with Crippen LogP contribution in [0.1, 0.15) is 16.2 Å². The van der Waals surface area contributed by atoms with Crippen molar-refractivity contribution in [3.63, 3.8) is 0 Å². The van der Waals surface area contributed by atoms with E-state index in [1.807, 2.05) is 12.1 Å². The van der Waals surface area contributed by atoms with E-state index in [4.69, 9.17) is 9.84 Å². The molecule has 0 saturated carbocycles. The first-order valence-corrected chi connectivity index (χ1v) is 6.60. The number of carbonyl (C=O) groups is 1. The molecule has 1 aromatic heterocycles. The van der Waals surface area contributed by atoms with Gasteiger partial charge >= 0.3 is 5.97 Å². The Balaban J connectivity index is 2.41. The van der Waals surface area contributed by atoms with Gasteiger partial charge in [-0.2, -0.15) is 0 Å². The molecule has 18 heavy (non-hydrogen) atoms. The molecule has 4 nitrogen and oxygen atoms in total. The highest BCUT2D eigenvalue weighted by Crippen LogP contribution is 2.19. The topological polar surface area (TPSA) is 49.8 Å². The van der Waals surface area contributed by atoms with Crippen LogP contribution in [0, 0.1) is 0 Å². The molecule has 0 aliphatic rings. The van der Waals surface area contributed by atoms with Gasteiger partial charge in [-0.3, -0.25) is 0 Å². The van der Waals surface area contributed by atoms with Crippen LogP contribution < -0.4 is 0 Å². The minimum atomic E-state index is -0.915. The summed E-state index contributed by atoms with van der Waals surface area (Å²) in [6.07, 6.45) is 3.81. The van der Waals surface area contributed by atoms with Gasteiger partial charge in [0.25, 0.3) is 0 Å². The molecule has 0 aliphatic heterocycles. The summed E-state index contributed by atoms with van der Waals surface area (Å²) < 4.78 is 5.01. The second kappa shape index (κ2) is 8.02. The number of thiophene rings is 1. The van der Waals surface area contributed by atoms with Crippen molar-refractivity contribution in [1.82, 2.24) is 4.90 Å². The van der Waals surface area contributed by atoms with E-state index in [2.05, 4.69) is 11.9 Å². The van der Waals surface area contributed by atoms with E-state index in [1.165, 1.54) is 4.88 Å². The molecule has 0 radical (unpaired) electrons. The molecule has 100 valence electrons. The minimum Gasteiger partial charge on any atom is -0.478 e. The van der Waals surface area contributed by atoms with E-state index >= 15 is 0 Å². The minimum absolute atomic E-state index is 0.779. The Morgan fingerprint density at radius 1 is 1.56 bits per heavy atom. The number of nitrogens with zero attached hydrogens (tertiary/aromatic N) is 1. The van der Waals surface area contributed by atoms with Crippen molar-refractivity contribution in [3.8, 4) is 0 Å². The van der Waals surface area contributed by atoms with Gasteiger partial charge in [-0.25, -0.2) is 4.79 Å². The molecule has 1 heterocycles. The van der Waals surface area contributed by atoms with E-state index in [0.29, 0.717) is 0 Å². The Morgan fingerprint density at radius 2 is 2.33 bits per heavy atom. The van der Waals surface area contributed by atoms with Gasteiger partial charge in [0.05, 0.1) is 0 Å². The van der Waals surface area contributed by atoms with Crippen molar-refractivity contribution < 1.29 is 14.6 Å². The lowest BCUT2D eigenvalue weighted by Gasteiger charge is -2.14. The third kappa shape index (κ3) is 5.95. The van der Waals surface area contributed by atoms with Crippen LogP contribution >= 0.6 is 11.3 Å². The Labute approximate surface area is 111 Å². The molecule has 0 spiro atoms. The molecule has 1 rings (SSSR count). The van der Waals surface area contributed by atoms with Crippen LogP contribution in [0.5, 0.6) is 0 Å². The fourth-order valence-electron chi connectivity index (χ4n) is 1.55. The van der Waals surface area contributed by atoms with Crippen LogP contribution in [0.15, 0.2) is 18.2 Å². The third-order valence-electron chi connectivity index (χ3n) is 2.39. The van der Waals surface area contributed by atoms with E-state index in [0.717, 1.165) is 37.1 Å². The lowest BCUT2D eigenvalue weighted by molar-refractivity contribution is -0.131. The van der Waals surface area contributed by atoms with Gasteiger partial charge in [-0.1, -0.05) is 0 Å². The van der Waals surface area contributed by atoms with Gasteiger partial charge in [0.1, 0.15) is 0 Å². The van der Waals surface area contributed by atoms with Crippen molar-refractivity contribution in [1.29, 1.82) is 0 Å². The number of rotatable bonds is 8. The van der Waals surface area contributed by atoms with Crippen molar-refractivity contribution in [2.45, 2.75) is 13.0 Å². The molecule has 1 aromatic rings. The first-order valence-electron chi connectivity index (χ1n) is 5.79. The molecule has 0 unspecified atom stereocenters. The average Bonchev–Trinajstić information content (AvgIpc) is 2.74. The van der Waals surface area contributed by atoms with Crippen molar-refractivity contribution in [2.24, 2.45) is 0 Å². The first kappa shape index (κ1) is 14.9. The summed E-state index contributed by atoms with van der Waals surface area (Å²) in [5, 5.41) is 8.55. The molecular formula is C13H19NO3S. The lowest BCUT2D eigenvalue weighted by atomic mass is 10.3. The van der Waals surface area contributed by atoms with Gasteiger partial charge in [0.15, 0.2) is 0 Å². The molecule has 0 bridgehead atoms. The smallest absolute Gasteiger partial charge is 0.328 e. The Kier molecular flexibility index (Phi) is 6.64. The van der Waals surface area contributed by atoms with Crippen LogP contribution in [-0.2, 0) is 16.1 Å². The molecule has 1 N–H and O–H groups in total. The quantitative estimate of drug-likeness (QED) is 0.581. The summed E-state index contributed by atoms with van der Waals surface area (Å²) in [7, 11) is 3.78. The summed E-state index contributed by atoms with van der Waals surface area (Å²) in [4.78, 5) is 14.8. The average molecular weight is 269 g/mol. The Morgan fingerprint density at radius 3 is 3.00 bits per heavy atom.